The van der Waals surface area contributed by atoms with E-state index in [1.54, 1.807) is 6.08 Å². The van der Waals surface area contributed by atoms with E-state index in [2.05, 4.69) is 26.6 Å². The highest BCUT2D eigenvalue weighted by molar-refractivity contribution is 9.10. The standard InChI is InChI=1S/C16H11BrClF3N2O/c17-11-3-1-2-10(8-11)6-7-22-15(24)23-12-4-5-14(18)13(9-12)16(19,20)21/h1-9H,(H2,22,23,24)/b7-6+. The van der Waals surface area contributed by atoms with Gasteiger partial charge in [-0.1, -0.05) is 39.7 Å². The average Bonchev–Trinajstić information content (AvgIpc) is 2.48. The van der Waals surface area contributed by atoms with Crippen LogP contribution in [0.5, 0.6) is 0 Å². The lowest BCUT2D eigenvalue weighted by atomic mass is 10.2. The van der Waals surface area contributed by atoms with Crippen molar-refractivity contribution in [1.29, 1.82) is 0 Å². The van der Waals surface area contributed by atoms with E-state index in [4.69, 9.17) is 11.6 Å². The highest BCUT2D eigenvalue weighted by Gasteiger charge is 2.33. The summed E-state index contributed by atoms with van der Waals surface area (Å²) in [7, 11) is 0. The summed E-state index contributed by atoms with van der Waals surface area (Å²) in [5.74, 6) is 0. The third-order valence-electron chi connectivity index (χ3n) is 2.87. The quantitative estimate of drug-likeness (QED) is 0.637. The molecule has 126 valence electrons. The Balaban J connectivity index is 2.00. The summed E-state index contributed by atoms with van der Waals surface area (Å²) in [6.07, 6.45) is -1.56. The number of hydrogen-bond acceptors (Lipinski definition) is 1. The maximum atomic E-state index is 12.8. The number of amides is 2. The average molecular weight is 420 g/mol. The number of urea groups is 1. The lowest BCUT2D eigenvalue weighted by Crippen LogP contribution is -2.24. The Kier molecular flexibility index (Phi) is 5.90. The van der Waals surface area contributed by atoms with E-state index in [1.807, 2.05) is 24.3 Å². The summed E-state index contributed by atoms with van der Waals surface area (Å²) < 4.78 is 39.2. The second-order valence-corrected chi connectivity index (χ2v) is 6.00. The van der Waals surface area contributed by atoms with Crippen molar-refractivity contribution < 1.29 is 18.0 Å². The van der Waals surface area contributed by atoms with Crippen molar-refractivity contribution in [3.63, 3.8) is 0 Å². The summed E-state index contributed by atoms with van der Waals surface area (Å²) in [6, 6.07) is 9.83. The van der Waals surface area contributed by atoms with Crippen molar-refractivity contribution in [1.82, 2.24) is 5.32 Å². The van der Waals surface area contributed by atoms with E-state index in [0.717, 1.165) is 22.2 Å². The molecule has 0 aliphatic carbocycles. The molecule has 3 nitrogen and oxygen atoms in total. The van der Waals surface area contributed by atoms with Crippen molar-refractivity contribution in [2.75, 3.05) is 5.32 Å². The van der Waals surface area contributed by atoms with E-state index in [9.17, 15) is 18.0 Å². The van der Waals surface area contributed by atoms with Crippen LogP contribution in [0.1, 0.15) is 11.1 Å². The largest absolute Gasteiger partial charge is 0.417 e. The minimum absolute atomic E-state index is 0.0138. The first-order chi connectivity index (χ1) is 11.3. The molecule has 0 bridgehead atoms. The lowest BCUT2D eigenvalue weighted by molar-refractivity contribution is -0.137. The second-order valence-electron chi connectivity index (χ2n) is 4.68. The molecule has 0 aromatic heterocycles. The van der Waals surface area contributed by atoms with Crippen LogP contribution in [0.25, 0.3) is 6.08 Å². The van der Waals surface area contributed by atoms with Gasteiger partial charge in [-0.2, -0.15) is 13.2 Å². The Morgan fingerprint density at radius 1 is 1.17 bits per heavy atom. The van der Waals surface area contributed by atoms with E-state index in [1.165, 1.54) is 12.3 Å². The molecule has 0 atom stereocenters. The van der Waals surface area contributed by atoms with Gasteiger partial charge in [-0.3, -0.25) is 0 Å². The van der Waals surface area contributed by atoms with Gasteiger partial charge in [0.2, 0.25) is 0 Å². The van der Waals surface area contributed by atoms with Crippen LogP contribution in [-0.2, 0) is 6.18 Å². The Morgan fingerprint density at radius 2 is 1.92 bits per heavy atom. The molecule has 0 aliphatic heterocycles. The van der Waals surface area contributed by atoms with Crippen molar-refractivity contribution >= 4 is 45.3 Å². The van der Waals surface area contributed by atoms with Crippen molar-refractivity contribution in [3.8, 4) is 0 Å². The lowest BCUT2D eigenvalue weighted by Gasteiger charge is -2.11. The molecule has 0 fully saturated rings. The Morgan fingerprint density at radius 3 is 2.58 bits per heavy atom. The van der Waals surface area contributed by atoms with Crippen LogP contribution in [0.2, 0.25) is 5.02 Å². The van der Waals surface area contributed by atoms with Crippen LogP contribution in [-0.4, -0.2) is 6.03 Å². The van der Waals surface area contributed by atoms with Crippen LogP contribution < -0.4 is 10.6 Å². The van der Waals surface area contributed by atoms with Crippen molar-refractivity contribution in [2.24, 2.45) is 0 Å². The topological polar surface area (TPSA) is 41.1 Å². The van der Waals surface area contributed by atoms with Crippen LogP contribution in [0, 0.1) is 0 Å². The first kappa shape index (κ1) is 18.4. The summed E-state index contributed by atoms with van der Waals surface area (Å²) >= 11 is 8.84. The van der Waals surface area contributed by atoms with Gasteiger partial charge in [0.1, 0.15) is 0 Å². The fraction of sp³-hybridized carbons (Fsp3) is 0.0625. The Bertz CT molecular complexity index is 778. The zero-order valence-electron chi connectivity index (χ0n) is 12.0. The Hall–Kier alpha value is -1.99. The Labute approximate surface area is 149 Å². The van der Waals surface area contributed by atoms with E-state index in [0.29, 0.717) is 0 Å². The van der Waals surface area contributed by atoms with Gasteiger partial charge in [-0.25, -0.2) is 4.79 Å². The molecule has 0 unspecified atom stereocenters. The third-order valence-corrected chi connectivity index (χ3v) is 3.69. The zero-order chi connectivity index (χ0) is 17.7. The van der Waals surface area contributed by atoms with Crippen LogP contribution in [0.15, 0.2) is 53.1 Å². The van der Waals surface area contributed by atoms with E-state index < -0.39 is 22.8 Å². The number of halogens is 5. The molecule has 2 N–H and O–H groups in total. The minimum atomic E-state index is -4.59. The smallest absolute Gasteiger partial charge is 0.314 e. The first-order valence-corrected chi connectivity index (χ1v) is 7.79. The van der Waals surface area contributed by atoms with Gasteiger partial charge >= 0.3 is 12.2 Å². The van der Waals surface area contributed by atoms with Crippen LogP contribution in [0.3, 0.4) is 0 Å². The predicted octanol–water partition coefficient (Wildman–Crippen LogP) is 5.91. The fourth-order valence-electron chi connectivity index (χ4n) is 1.81. The van der Waals surface area contributed by atoms with Crippen LogP contribution in [0.4, 0.5) is 23.7 Å². The molecule has 0 saturated carbocycles. The van der Waals surface area contributed by atoms with Crippen LogP contribution >= 0.6 is 27.5 Å². The molecule has 0 saturated heterocycles. The molecule has 24 heavy (non-hydrogen) atoms. The van der Waals surface area contributed by atoms with Gasteiger partial charge in [-0.15, -0.1) is 0 Å². The van der Waals surface area contributed by atoms with Gasteiger partial charge in [-0.05, 0) is 42.0 Å². The molecule has 0 spiro atoms. The number of benzene rings is 2. The normalized spacial score (nSPS) is 11.5. The number of nitrogens with one attached hydrogen (secondary N) is 2. The molecule has 0 radical (unpaired) electrons. The van der Waals surface area contributed by atoms with E-state index in [-0.39, 0.29) is 5.69 Å². The summed E-state index contributed by atoms with van der Waals surface area (Å²) in [5.41, 5.74) is -0.178. The first-order valence-electron chi connectivity index (χ1n) is 6.62. The third kappa shape index (κ3) is 5.28. The maximum absolute atomic E-state index is 12.8. The second kappa shape index (κ2) is 7.72. The molecule has 8 heteroatoms. The molecule has 2 amide bonds. The molecular formula is C16H11BrClF3N2O. The number of carbonyl (C=O) groups is 1. The summed E-state index contributed by atoms with van der Waals surface area (Å²) in [4.78, 5) is 11.7. The molecular weight excluding hydrogens is 409 g/mol. The monoisotopic (exact) mass is 418 g/mol. The highest BCUT2D eigenvalue weighted by atomic mass is 79.9. The zero-order valence-corrected chi connectivity index (χ0v) is 14.3. The van der Waals surface area contributed by atoms with Gasteiger partial charge in [0, 0.05) is 16.4 Å². The maximum Gasteiger partial charge on any atom is 0.417 e. The van der Waals surface area contributed by atoms with Gasteiger partial charge < -0.3 is 10.6 Å². The number of anilines is 1. The number of rotatable bonds is 3. The SMILES string of the molecule is O=C(N/C=C/c1cccc(Br)c1)Nc1ccc(Cl)c(C(F)(F)F)c1. The van der Waals surface area contributed by atoms with Gasteiger partial charge in [0.05, 0.1) is 10.6 Å². The molecule has 2 aromatic rings. The van der Waals surface area contributed by atoms with Gasteiger partial charge in [0.25, 0.3) is 0 Å². The predicted molar refractivity (Wildman–Crippen MR) is 91.8 cm³/mol. The van der Waals surface area contributed by atoms with Crippen molar-refractivity contribution in [2.45, 2.75) is 6.18 Å². The minimum Gasteiger partial charge on any atom is -0.314 e. The summed E-state index contributed by atoms with van der Waals surface area (Å²) in [6.45, 7) is 0. The molecule has 2 rings (SSSR count). The highest BCUT2D eigenvalue weighted by Crippen LogP contribution is 2.36. The summed E-state index contributed by atoms with van der Waals surface area (Å²) in [5, 5.41) is 4.29. The molecule has 0 heterocycles. The van der Waals surface area contributed by atoms with Gasteiger partial charge in [0.15, 0.2) is 0 Å². The fourth-order valence-corrected chi connectivity index (χ4v) is 2.45. The molecule has 0 aliphatic rings. The number of carbonyl (C=O) groups excluding carboxylic acids is 1. The number of alkyl halides is 3. The van der Waals surface area contributed by atoms with E-state index >= 15 is 0 Å². The van der Waals surface area contributed by atoms with Crippen molar-refractivity contribution in [3.05, 3.63) is 69.3 Å². The molecule has 2 aromatic carbocycles. The number of hydrogen-bond donors (Lipinski definition) is 2.